The van der Waals surface area contributed by atoms with Crippen LogP contribution in [0.1, 0.15) is 37.1 Å². The first-order valence-electron chi connectivity index (χ1n) is 6.23. The molecule has 1 aliphatic rings. The number of halogens is 1. The second-order valence-electron chi connectivity index (χ2n) is 4.60. The number of hydrogen-bond donors (Lipinski definition) is 0. The maximum Gasteiger partial charge on any atom is 0.245 e. The summed E-state index contributed by atoms with van der Waals surface area (Å²) < 4.78 is 0. The topological polar surface area (TPSA) is 41.9 Å². The first-order chi connectivity index (χ1) is 8.22. The van der Waals surface area contributed by atoms with Crippen LogP contribution in [-0.4, -0.2) is 33.1 Å². The van der Waals surface area contributed by atoms with E-state index < -0.39 is 0 Å². The van der Waals surface area contributed by atoms with E-state index in [0.717, 1.165) is 29.2 Å². The molecule has 1 aromatic rings. The van der Waals surface area contributed by atoms with Crippen LogP contribution in [0.2, 0.25) is 0 Å². The third-order valence-corrected chi connectivity index (χ3v) is 3.95. The van der Waals surface area contributed by atoms with E-state index in [1.54, 1.807) is 0 Å². The van der Waals surface area contributed by atoms with Crippen molar-refractivity contribution >= 4 is 21.9 Å². The predicted molar refractivity (Wildman–Crippen MR) is 72.7 cm³/mol. The van der Waals surface area contributed by atoms with Crippen molar-refractivity contribution in [2.45, 2.75) is 45.6 Å². The maximum atomic E-state index is 4.55. The van der Waals surface area contributed by atoms with Crippen molar-refractivity contribution in [3.05, 3.63) is 11.4 Å². The average Bonchev–Trinajstić information content (AvgIpc) is 2.78. The van der Waals surface area contributed by atoms with E-state index in [2.05, 4.69) is 36.0 Å². The highest BCUT2D eigenvalue weighted by Gasteiger charge is 2.26. The van der Waals surface area contributed by atoms with Crippen molar-refractivity contribution in [2.75, 3.05) is 16.8 Å². The Balaban J connectivity index is 2.11. The fourth-order valence-corrected chi connectivity index (χ4v) is 2.60. The lowest BCUT2D eigenvalue weighted by Gasteiger charge is -2.24. The van der Waals surface area contributed by atoms with E-state index in [4.69, 9.17) is 0 Å². The Kier molecular flexibility index (Phi) is 4.31. The summed E-state index contributed by atoms with van der Waals surface area (Å²) >= 11 is 3.49. The Morgan fingerprint density at radius 1 is 1.29 bits per heavy atom. The molecule has 0 aromatic carbocycles. The molecule has 1 aromatic heterocycles. The van der Waals surface area contributed by atoms with Gasteiger partial charge < -0.3 is 4.90 Å². The van der Waals surface area contributed by atoms with Crippen LogP contribution in [0.4, 0.5) is 5.95 Å². The summed E-state index contributed by atoms with van der Waals surface area (Å²) in [5, 5.41) is 9.48. The molecule has 1 fully saturated rings. The van der Waals surface area contributed by atoms with E-state index in [1.807, 2.05) is 13.8 Å². The largest absolute Gasteiger partial charge is 0.337 e. The van der Waals surface area contributed by atoms with Gasteiger partial charge in [-0.05, 0) is 39.5 Å². The fraction of sp³-hybridized carbons (Fsp3) is 0.750. The molecule has 0 N–H and O–H groups in total. The second-order valence-corrected chi connectivity index (χ2v) is 5.40. The lowest BCUT2D eigenvalue weighted by molar-refractivity contribution is 0.591. The summed E-state index contributed by atoms with van der Waals surface area (Å²) in [6.07, 6.45) is 4.91. The highest BCUT2D eigenvalue weighted by atomic mass is 79.9. The van der Waals surface area contributed by atoms with Crippen molar-refractivity contribution in [1.82, 2.24) is 15.2 Å². The zero-order valence-electron chi connectivity index (χ0n) is 10.5. The molecule has 0 spiro atoms. The Hall–Kier alpha value is -0.710. The molecular formula is C12H19BrN4. The molecular weight excluding hydrogens is 280 g/mol. The minimum atomic E-state index is 0.594. The fourth-order valence-electron chi connectivity index (χ4n) is 2.28. The molecule has 0 saturated carbocycles. The molecule has 0 amide bonds. The lowest BCUT2D eigenvalue weighted by Crippen LogP contribution is -2.31. The summed E-state index contributed by atoms with van der Waals surface area (Å²) in [6, 6.07) is 0.594. The van der Waals surface area contributed by atoms with Gasteiger partial charge in [-0.2, -0.15) is 5.10 Å². The van der Waals surface area contributed by atoms with Gasteiger partial charge in [0.1, 0.15) is 0 Å². The summed E-state index contributed by atoms with van der Waals surface area (Å²) in [5.41, 5.74) is 1.91. The molecule has 0 radical (unpaired) electrons. The zero-order valence-corrected chi connectivity index (χ0v) is 12.1. The SMILES string of the molecule is Cc1nnc(N2CCCC2CCCBr)nc1C. The van der Waals surface area contributed by atoms with Gasteiger partial charge >= 0.3 is 0 Å². The van der Waals surface area contributed by atoms with Crippen LogP contribution < -0.4 is 4.90 Å². The summed E-state index contributed by atoms with van der Waals surface area (Å²) in [5.74, 6) is 0.810. The minimum Gasteiger partial charge on any atom is -0.337 e. The van der Waals surface area contributed by atoms with Gasteiger partial charge in [0.05, 0.1) is 11.4 Å². The molecule has 17 heavy (non-hydrogen) atoms. The lowest BCUT2D eigenvalue weighted by atomic mass is 10.1. The van der Waals surface area contributed by atoms with Gasteiger partial charge in [0, 0.05) is 17.9 Å². The first kappa shape index (κ1) is 12.7. The smallest absolute Gasteiger partial charge is 0.245 e. The quantitative estimate of drug-likeness (QED) is 0.802. The van der Waals surface area contributed by atoms with Crippen LogP contribution in [0, 0.1) is 13.8 Å². The summed E-state index contributed by atoms with van der Waals surface area (Å²) in [7, 11) is 0. The van der Waals surface area contributed by atoms with Crippen molar-refractivity contribution in [3.63, 3.8) is 0 Å². The van der Waals surface area contributed by atoms with Crippen LogP contribution in [0.25, 0.3) is 0 Å². The Labute approximate surface area is 111 Å². The predicted octanol–water partition coefficient (Wildman–Crippen LogP) is 2.63. The van der Waals surface area contributed by atoms with Crippen molar-refractivity contribution in [3.8, 4) is 0 Å². The number of alkyl halides is 1. The maximum absolute atomic E-state index is 4.55. The molecule has 1 atom stereocenters. The van der Waals surface area contributed by atoms with Gasteiger partial charge in [-0.15, -0.1) is 5.10 Å². The number of nitrogens with zero attached hydrogens (tertiary/aromatic N) is 4. The van der Waals surface area contributed by atoms with Gasteiger partial charge in [-0.25, -0.2) is 4.98 Å². The van der Waals surface area contributed by atoms with Crippen LogP contribution >= 0.6 is 15.9 Å². The number of anilines is 1. The number of aromatic nitrogens is 3. The number of rotatable bonds is 4. The van der Waals surface area contributed by atoms with Crippen LogP contribution in [0.15, 0.2) is 0 Å². The highest BCUT2D eigenvalue weighted by molar-refractivity contribution is 9.09. The molecule has 1 unspecified atom stereocenters. The molecule has 2 heterocycles. The van der Waals surface area contributed by atoms with Gasteiger partial charge in [-0.3, -0.25) is 0 Å². The van der Waals surface area contributed by atoms with E-state index >= 15 is 0 Å². The summed E-state index contributed by atoms with van der Waals surface area (Å²) in [4.78, 5) is 6.88. The van der Waals surface area contributed by atoms with E-state index in [0.29, 0.717) is 6.04 Å². The molecule has 0 aliphatic carbocycles. The van der Waals surface area contributed by atoms with Crippen LogP contribution in [0.5, 0.6) is 0 Å². The standard InChI is InChI=1S/C12H19BrN4/c1-9-10(2)15-16-12(14-9)17-8-4-6-11(17)5-3-7-13/h11H,3-8H2,1-2H3. The first-order valence-corrected chi connectivity index (χ1v) is 7.35. The molecule has 2 rings (SSSR count). The molecule has 4 nitrogen and oxygen atoms in total. The molecule has 1 aliphatic heterocycles. The molecule has 5 heteroatoms. The average molecular weight is 299 g/mol. The van der Waals surface area contributed by atoms with Crippen LogP contribution in [-0.2, 0) is 0 Å². The van der Waals surface area contributed by atoms with Gasteiger partial charge in [-0.1, -0.05) is 15.9 Å². The van der Waals surface area contributed by atoms with Crippen molar-refractivity contribution in [2.24, 2.45) is 0 Å². The van der Waals surface area contributed by atoms with Gasteiger partial charge in [0.25, 0.3) is 0 Å². The van der Waals surface area contributed by atoms with Crippen molar-refractivity contribution in [1.29, 1.82) is 0 Å². The number of aryl methyl sites for hydroxylation is 2. The third kappa shape index (κ3) is 2.94. The second kappa shape index (κ2) is 5.76. The molecule has 0 bridgehead atoms. The highest BCUT2D eigenvalue weighted by Crippen LogP contribution is 2.25. The molecule has 1 saturated heterocycles. The third-order valence-electron chi connectivity index (χ3n) is 3.39. The Morgan fingerprint density at radius 2 is 2.12 bits per heavy atom. The van der Waals surface area contributed by atoms with Gasteiger partial charge in [0.2, 0.25) is 5.95 Å². The van der Waals surface area contributed by atoms with Crippen LogP contribution in [0.3, 0.4) is 0 Å². The zero-order chi connectivity index (χ0) is 12.3. The Morgan fingerprint density at radius 3 is 2.82 bits per heavy atom. The molecule has 94 valence electrons. The normalized spacial score (nSPS) is 19.9. The van der Waals surface area contributed by atoms with Gasteiger partial charge in [0.15, 0.2) is 0 Å². The van der Waals surface area contributed by atoms with E-state index in [9.17, 15) is 0 Å². The van der Waals surface area contributed by atoms with E-state index in [-0.39, 0.29) is 0 Å². The minimum absolute atomic E-state index is 0.594. The Bertz CT molecular complexity index is 383. The van der Waals surface area contributed by atoms with Crippen molar-refractivity contribution < 1.29 is 0 Å². The van der Waals surface area contributed by atoms with E-state index in [1.165, 1.54) is 25.7 Å². The number of hydrogen-bond acceptors (Lipinski definition) is 4. The summed E-state index contributed by atoms with van der Waals surface area (Å²) in [6.45, 7) is 5.01. The monoisotopic (exact) mass is 298 g/mol.